The second kappa shape index (κ2) is 7.34. The van der Waals surface area contributed by atoms with Crippen LogP contribution in [-0.2, 0) is 4.79 Å². The summed E-state index contributed by atoms with van der Waals surface area (Å²) in [5, 5.41) is 8.46. The fourth-order valence-electron chi connectivity index (χ4n) is 0.862. The van der Waals surface area contributed by atoms with E-state index in [0.717, 1.165) is 0 Å². The molecular weight excluding hydrogens is 227 g/mol. The van der Waals surface area contributed by atoms with Gasteiger partial charge < -0.3 is 16.6 Å². The highest BCUT2D eigenvalue weighted by molar-refractivity contribution is 5.92. The molecule has 1 rings (SSSR count). The Labute approximate surface area is 98.2 Å². The second-order valence-corrected chi connectivity index (χ2v) is 3.17. The first-order valence-electron chi connectivity index (χ1n) is 4.91. The summed E-state index contributed by atoms with van der Waals surface area (Å²) in [5.41, 5.74) is 9.43. The molecule has 0 bridgehead atoms. The van der Waals surface area contributed by atoms with Crippen LogP contribution in [0, 0.1) is 5.82 Å². The average molecular weight is 242 g/mol. The zero-order valence-electron chi connectivity index (χ0n) is 9.39. The van der Waals surface area contributed by atoms with Gasteiger partial charge in [-0.3, -0.25) is 9.59 Å². The van der Waals surface area contributed by atoms with Crippen LogP contribution in [0.1, 0.15) is 23.7 Å². The van der Waals surface area contributed by atoms with E-state index in [1.807, 2.05) is 0 Å². The molecule has 0 fully saturated rings. The maximum Gasteiger partial charge on any atom is 0.251 e. The predicted molar refractivity (Wildman–Crippen MR) is 60.4 cm³/mol. The van der Waals surface area contributed by atoms with Crippen molar-refractivity contribution >= 4 is 11.8 Å². The van der Waals surface area contributed by atoms with Crippen LogP contribution in [0.5, 0.6) is 0 Å². The lowest BCUT2D eigenvalue weighted by molar-refractivity contribution is -0.126. The van der Waals surface area contributed by atoms with Crippen LogP contribution in [0.4, 0.5) is 4.39 Å². The third-order valence-electron chi connectivity index (χ3n) is 1.85. The first-order chi connectivity index (χ1) is 7.90. The van der Waals surface area contributed by atoms with E-state index in [4.69, 9.17) is 10.8 Å². The smallest absolute Gasteiger partial charge is 0.251 e. The number of hydrogen-bond donors (Lipinski definition) is 3. The minimum atomic E-state index is -0.958. The number of halogens is 1. The molecule has 5 nitrogen and oxygen atoms in total. The van der Waals surface area contributed by atoms with Crippen LogP contribution in [0.25, 0.3) is 0 Å². The standard InChI is InChI=1S/C7H6FNO.C4H9NO2/c8-6-4-2-1-3-5(6)7(9)10;1-2-3(6)4(5)7/h1-4H,(H2,9,10);3,6H,2H2,1H3,(H2,5,7)/t;3-/m.1/s1. The molecule has 0 radical (unpaired) electrons. The molecule has 0 saturated carbocycles. The van der Waals surface area contributed by atoms with Crippen molar-refractivity contribution in [3.05, 3.63) is 35.6 Å². The Balaban J connectivity index is 0.000000325. The van der Waals surface area contributed by atoms with Crippen LogP contribution < -0.4 is 11.5 Å². The van der Waals surface area contributed by atoms with E-state index in [0.29, 0.717) is 6.42 Å². The molecular formula is C11H15FN2O3. The molecule has 1 aromatic rings. The Morgan fingerprint density at radius 2 is 1.88 bits per heavy atom. The van der Waals surface area contributed by atoms with Crippen LogP contribution in [0.15, 0.2) is 24.3 Å². The van der Waals surface area contributed by atoms with Crippen molar-refractivity contribution in [1.82, 2.24) is 0 Å². The maximum absolute atomic E-state index is 12.5. The molecule has 2 amide bonds. The van der Waals surface area contributed by atoms with Gasteiger partial charge in [0.2, 0.25) is 5.91 Å². The lowest BCUT2D eigenvalue weighted by atomic mass is 10.2. The van der Waals surface area contributed by atoms with E-state index in [1.54, 1.807) is 13.0 Å². The summed E-state index contributed by atoms with van der Waals surface area (Å²) < 4.78 is 12.5. The molecule has 0 heterocycles. The van der Waals surface area contributed by atoms with Gasteiger partial charge in [0.1, 0.15) is 11.9 Å². The van der Waals surface area contributed by atoms with Crippen LogP contribution in [-0.4, -0.2) is 23.0 Å². The van der Waals surface area contributed by atoms with Crippen molar-refractivity contribution in [2.24, 2.45) is 11.5 Å². The number of carbonyl (C=O) groups is 2. The predicted octanol–water partition coefficient (Wildman–Crippen LogP) is 0.167. The lowest BCUT2D eigenvalue weighted by Crippen LogP contribution is -2.26. The molecule has 1 atom stereocenters. The molecule has 1 aromatic carbocycles. The van der Waals surface area contributed by atoms with Crippen LogP contribution >= 0.6 is 0 Å². The highest BCUT2D eigenvalue weighted by Gasteiger charge is 2.05. The number of rotatable bonds is 3. The Bertz CT molecular complexity index is 396. The minimum Gasteiger partial charge on any atom is -0.383 e. The highest BCUT2D eigenvalue weighted by atomic mass is 19.1. The summed E-state index contributed by atoms with van der Waals surface area (Å²) in [4.78, 5) is 20.3. The van der Waals surface area contributed by atoms with Crippen LogP contribution in [0.2, 0.25) is 0 Å². The molecule has 0 unspecified atom stereocenters. The monoisotopic (exact) mass is 242 g/mol. The van der Waals surface area contributed by atoms with Crippen LogP contribution in [0.3, 0.4) is 0 Å². The van der Waals surface area contributed by atoms with Crippen molar-refractivity contribution < 1.29 is 19.1 Å². The van der Waals surface area contributed by atoms with E-state index >= 15 is 0 Å². The molecule has 6 heteroatoms. The number of aliphatic hydroxyl groups excluding tert-OH is 1. The van der Waals surface area contributed by atoms with Crippen molar-refractivity contribution in [3.8, 4) is 0 Å². The first kappa shape index (κ1) is 15.0. The Morgan fingerprint density at radius 3 is 2.12 bits per heavy atom. The number of amides is 2. The van der Waals surface area contributed by atoms with Gasteiger partial charge >= 0.3 is 0 Å². The quantitative estimate of drug-likeness (QED) is 0.703. The molecule has 0 spiro atoms. The molecule has 0 aliphatic heterocycles. The van der Waals surface area contributed by atoms with E-state index in [1.165, 1.54) is 18.2 Å². The van der Waals surface area contributed by atoms with Crippen molar-refractivity contribution in [2.45, 2.75) is 19.4 Å². The first-order valence-corrected chi connectivity index (χ1v) is 4.91. The second-order valence-electron chi connectivity index (χ2n) is 3.17. The van der Waals surface area contributed by atoms with Gasteiger partial charge in [-0.2, -0.15) is 0 Å². The van der Waals surface area contributed by atoms with Crippen molar-refractivity contribution in [1.29, 1.82) is 0 Å². The molecule has 0 aromatic heterocycles. The van der Waals surface area contributed by atoms with Gasteiger partial charge in [-0.1, -0.05) is 19.1 Å². The van der Waals surface area contributed by atoms with Gasteiger partial charge in [0.15, 0.2) is 0 Å². The highest BCUT2D eigenvalue weighted by Crippen LogP contribution is 2.03. The summed E-state index contributed by atoms with van der Waals surface area (Å²) in [6.45, 7) is 1.69. The average Bonchev–Trinajstić information content (AvgIpc) is 2.28. The summed E-state index contributed by atoms with van der Waals surface area (Å²) in [5.74, 6) is -1.96. The fourth-order valence-corrected chi connectivity index (χ4v) is 0.862. The Hall–Kier alpha value is -1.95. The third kappa shape index (κ3) is 5.62. The van der Waals surface area contributed by atoms with Crippen molar-refractivity contribution in [2.75, 3.05) is 0 Å². The number of carbonyl (C=O) groups excluding carboxylic acids is 2. The SMILES string of the molecule is CC[C@@H](O)C(N)=O.NC(=O)c1ccccc1F. The van der Waals surface area contributed by atoms with Crippen molar-refractivity contribution in [3.63, 3.8) is 0 Å². The molecule has 0 saturated heterocycles. The summed E-state index contributed by atoms with van der Waals surface area (Å²) >= 11 is 0. The molecule has 5 N–H and O–H groups in total. The van der Waals surface area contributed by atoms with Gasteiger partial charge in [0.05, 0.1) is 5.56 Å². The molecule has 17 heavy (non-hydrogen) atoms. The third-order valence-corrected chi connectivity index (χ3v) is 1.85. The molecule has 94 valence electrons. The Morgan fingerprint density at radius 1 is 1.35 bits per heavy atom. The van der Waals surface area contributed by atoms with E-state index in [2.05, 4.69) is 5.73 Å². The van der Waals surface area contributed by atoms with Gasteiger partial charge in [-0.05, 0) is 18.6 Å². The zero-order valence-corrected chi connectivity index (χ0v) is 9.39. The number of aliphatic hydroxyl groups is 1. The van der Waals surface area contributed by atoms with Gasteiger partial charge in [0, 0.05) is 0 Å². The zero-order chi connectivity index (χ0) is 13.4. The summed E-state index contributed by atoms with van der Waals surface area (Å²) in [7, 11) is 0. The number of benzene rings is 1. The lowest BCUT2D eigenvalue weighted by Gasteiger charge is -1.97. The largest absolute Gasteiger partial charge is 0.383 e. The number of hydrogen-bond acceptors (Lipinski definition) is 3. The molecule has 0 aliphatic rings. The van der Waals surface area contributed by atoms with E-state index < -0.39 is 23.7 Å². The fraction of sp³-hybridized carbons (Fsp3) is 0.273. The summed E-state index contributed by atoms with van der Waals surface area (Å²) in [6.07, 6.45) is -0.560. The Kier molecular flexibility index (Phi) is 6.50. The summed E-state index contributed by atoms with van der Waals surface area (Å²) in [6, 6.07) is 5.60. The normalized spacial score (nSPS) is 11.0. The van der Waals surface area contributed by atoms with Gasteiger partial charge in [0.25, 0.3) is 5.91 Å². The van der Waals surface area contributed by atoms with Gasteiger partial charge in [-0.15, -0.1) is 0 Å². The molecule has 0 aliphatic carbocycles. The minimum absolute atomic E-state index is 0.0671. The topological polar surface area (TPSA) is 106 Å². The van der Waals surface area contributed by atoms with E-state index in [-0.39, 0.29) is 5.56 Å². The van der Waals surface area contributed by atoms with Gasteiger partial charge in [-0.25, -0.2) is 4.39 Å². The number of nitrogens with two attached hydrogens (primary N) is 2. The maximum atomic E-state index is 12.5. The number of primary amides is 2. The van der Waals surface area contributed by atoms with E-state index in [9.17, 15) is 14.0 Å².